The van der Waals surface area contributed by atoms with Crippen molar-refractivity contribution in [3.8, 4) is 0 Å². The van der Waals surface area contributed by atoms with Gasteiger partial charge in [0, 0.05) is 0 Å². The van der Waals surface area contributed by atoms with Crippen molar-refractivity contribution in [1.29, 1.82) is 0 Å². The Kier molecular flexibility index (Phi) is 2.62. The second-order valence-corrected chi connectivity index (χ2v) is 2.93. The highest BCUT2D eigenvalue weighted by atomic mass is 16.6. The van der Waals surface area contributed by atoms with Gasteiger partial charge in [0.25, 0.3) is 0 Å². The number of aryl methyl sites for hydroxylation is 1. The average molecular weight is 185 g/mol. The van der Waals surface area contributed by atoms with Crippen LogP contribution in [-0.4, -0.2) is 25.9 Å². The fourth-order valence-corrected chi connectivity index (χ4v) is 1.02. The van der Waals surface area contributed by atoms with Gasteiger partial charge in [0.1, 0.15) is 0 Å². The van der Waals surface area contributed by atoms with E-state index in [1.807, 2.05) is 0 Å². The van der Waals surface area contributed by atoms with Crippen molar-refractivity contribution in [3.05, 3.63) is 21.9 Å². The number of hydrogen-bond acceptors (Lipinski definition) is 4. The third-order valence-electron chi connectivity index (χ3n) is 1.59. The lowest BCUT2D eigenvalue weighted by atomic mass is 10.4. The van der Waals surface area contributed by atoms with Crippen LogP contribution in [0.1, 0.15) is 12.6 Å². The molecule has 0 saturated carbocycles. The van der Waals surface area contributed by atoms with Crippen LogP contribution in [0, 0.1) is 17.0 Å². The van der Waals surface area contributed by atoms with E-state index >= 15 is 0 Å². The molecule has 0 aliphatic rings. The summed E-state index contributed by atoms with van der Waals surface area (Å²) in [4.78, 5) is 9.77. The third-order valence-corrected chi connectivity index (χ3v) is 1.59. The first-order valence-corrected chi connectivity index (χ1v) is 3.87. The van der Waals surface area contributed by atoms with Crippen LogP contribution in [0.15, 0.2) is 6.07 Å². The van der Waals surface area contributed by atoms with Gasteiger partial charge in [-0.05, 0) is 18.8 Å². The molecule has 0 bridgehead atoms. The summed E-state index contributed by atoms with van der Waals surface area (Å²) in [5, 5.41) is 23.1. The maximum absolute atomic E-state index is 10.3. The van der Waals surface area contributed by atoms with Crippen LogP contribution in [0.25, 0.3) is 0 Å². The molecule has 1 aromatic rings. The molecule has 1 atom stereocenters. The Balaban J connectivity index is 2.90. The zero-order valence-corrected chi connectivity index (χ0v) is 7.47. The van der Waals surface area contributed by atoms with Crippen molar-refractivity contribution in [2.24, 2.45) is 0 Å². The summed E-state index contributed by atoms with van der Waals surface area (Å²) in [6, 6.07) is 1.38. The fourth-order valence-electron chi connectivity index (χ4n) is 1.02. The second kappa shape index (κ2) is 3.53. The summed E-state index contributed by atoms with van der Waals surface area (Å²) in [6.07, 6.45) is -0.557. The van der Waals surface area contributed by atoms with Crippen LogP contribution in [-0.2, 0) is 6.54 Å². The molecular weight excluding hydrogens is 174 g/mol. The number of rotatable bonds is 3. The molecule has 6 nitrogen and oxygen atoms in total. The van der Waals surface area contributed by atoms with E-state index in [1.54, 1.807) is 13.8 Å². The molecule has 1 aromatic heterocycles. The van der Waals surface area contributed by atoms with Gasteiger partial charge in [0.05, 0.1) is 29.5 Å². The third kappa shape index (κ3) is 2.25. The minimum Gasteiger partial charge on any atom is -0.391 e. The molecule has 0 aromatic carbocycles. The molecule has 0 radical (unpaired) electrons. The number of nitro groups is 1. The van der Waals surface area contributed by atoms with Crippen molar-refractivity contribution in [3.63, 3.8) is 0 Å². The second-order valence-electron chi connectivity index (χ2n) is 2.93. The number of aliphatic hydroxyl groups excluding tert-OH is 1. The monoisotopic (exact) mass is 185 g/mol. The summed E-state index contributed by atoms with van der Waals surface area (Å²) in [5.41, 5.74) is 0.674. The minimum atomic E-state index is -0.557. The van der Waals surface area contributed by atoms with Gasteiger partial charge in [0.2, 0.25) is 0 Å². The van der Waals surface area contributed by atoms with Crippen LogP contribution in [0.2, 0.25) is 0 Å². The Bertz CT molecular complexity index is 319. The molecule has 1 N–H and O–H groups in total. The Morgan fingerprint density at radius 2 is 2.46 bits per heavy atom. The maximum Gasteiger partial charge on any atom is 0.390 e. The molecule has 0 saturated heterocycles. The van der Waals surface area contributed by atoms with Crippen LogP contribution < -0.4 is 0 Å². The highest BCUT2D eigenvalue weighted by molar-refractivity contribution is 5.20. The van der Waals surface area contributed by atoms with E-state index in [9.17, 15) is 10.1 Å². The van der Waals surface area contributed by atoms with Crippen molar-refractivity contribution in [1.82, 2.24) is 9.78 Å². The molecule has 0 aliphatic heterocycles. The Morgan fingerprint density at radius 1 is 1.85 bits per heavy atom. The van der Waals surface area contributed by atoms with Crippen molar-refractivity contribution < 1.29 is 10.0 Å². The van der Waals surface area contributed by atoms with E-state index < -0.39 is 11.0 Å². The van der Waals surface area contributed by atoms with Gasteiger partial charge >= 0.3 is 5.82 Å². The van der Waals surface area contributed by atoms with Crippen molar-refractivity contribution >= 4 is 5.82 Å². The molecule has 0 spiro atoms. The highest BCUT2D eigenvalue weighted by Gasteiger charge is 2.15. The molecular formula is C7H11N3O3. The molecule has 13 heavy (non-hydrogen) atoms. The molecule has 0 unspecified atom stereocenters. The van der Waals surface area contributed by atoms with Gasteiger partial charge in [-0.15, -0.1) is 0 Å². The average Bonchev–Trinajstić information content (AvgIpc) is 2.31. The smallest absolute Gasteiger partial charge is 0.390 e. The van der Waals surface area contributed by atoms with Crippen molar-refractivity contribution in [2.75, 3.05) is 0 Å². The lowest BCUT2D eigenvalue weighted by Crippen LogP contribution is -2.14. The Labute approximate surface area is 74.9 Å². The summed E-state index contributed by atoms with van der Waals surface area (Å²) in [6.45, 7) is 3.59. The summed E-state index contributed by atoms with van der Waals surface area (Å²) < 4.78 is 1.42. The first kappa shape index (κ1) is 9.66. The van der Waals surface area contributed by atoms with Gasteiger partial charge < -0.3 is 15.2 Å². The minimum absolute atomic E-state index is 0.182. The molecule has 0 amide bonds. The molecule has 0 aliphatic carbocycles. The topological polar surface area (TPSA) is 81.2 Å². The van der Waals surface area contributed by atoms with E-state index in [1.165, 1.54) is 10.7 Å². The quantitative estimate of drug-likeness (QED) is 0.548. The zero-order chi connectivity index (χ0) is 10.0. The van der Waals surface area contributed by atoms with Crippen LogP contribution in [0.4, 0.5) is 5.82 Å². The van der Waals surface area contributed by atoms with E-state index in [4.69, 9.17) is 5.11 Å². The van der Waals surface area contributed by atoms with Crippen LogP contribution in [0.3, 0.4) is 0 Å². The molecule has 6 heteroatoms. The van der Waals surface area contributed by atoms with Gasteiger partial charge in [-0.25, -0.2) is 0 Å². The van der Waals surface area contributed by atoms with E-state index in [0.717, 1.165) is 0 Å². The zero-order valence-electron chi connectivity index (χ0n) is 7.47. The first-order chi connectivity index (χ1) is 6.00. The summed E-state index contributed by atoms with van der Waals surface area (Å²) >= 11 is 0. The van der Waals surface area contributed by atoms with Gasteiger partial charge in [-0.3, -0.25) is 0 Å². The van der Waals surface area contributed by atoms with Gasteiger partial charge in [0.15, 0.2) is 0 Å². The highest BCUT2D eigenvalue weighted by Crippen LogP contribution is 2.10. The number of aliphatic hydroxyl groups is 1. The first-order valence-electron chi connectivity index (χ1n) is 3.87. The standard InChI is InChI=1S/C7H11N3O3/c1-5-3-7(10(12)13)8-9(5)4-6(2)11/h3,6,11H,4H2,1-2H3/t6-/m0/s1. The van der Waals surface area contributed by atoms with E-state index in [0.29, 0.717) is 5.69 Å². The van der Waals surface area contributed by atoms with Crippen LogP contribution >= 0.6 is 0 Å². The molecule has 1 heterocycles. The maximum atomic E-state index is 10.3. The lowest BCUT2D eigenvalue weighted by molar-refractivity contribution is -0.389. The number of aromatic nitrogens is 2. The van der Waals surface area contributed by atoms with E-state index in [-0.39, 0.29) is 12.4 Å². The predicted molar refractivity (Wildman–Crippen MR) is 45.3 cm³/mol. The van der Waals surface area contributed by atoms with Crippen molar-refractivity contribution in [2.45, 2.75) is 26.5 Å². The van der Waals surface area contributed by atoms with Gasteiger partial charge in [-0.2, -0.15) is 4.68 Å². The Morgan fingerprint density at radius 3 is 2.85 bits per heavy atom. The number of hydrogen-bond donors (Lipinski definition) is 1. The summed E-state index contributed by atoms with van der Waals surface area (Å²) in [7, 11) is 0. The molecule has 0 fully saturated rings. The summed E-state index contributed by atoms with van der Waals surface area (Å²) in [5.74, 6) is -0.182. The van der Waals surface area contributed by atoms with Crippen LogP contribution in [0.5, 0.6) is 0 Å². The number of nitrogens with zero attached hydrogens (tertiary/aromatic N) is 3. The molecule has 72 valence electrons. The van der Waals surface area contributed by atoms with Gasteiger partial charge in [-0.1, -0.05) is 0 Å². The molecule has 1 rings (SSSR count). The Hall–Kier alpha value is -1.43. The normalized spacial score (nSPS) is 12.8. The lowest BCUT2D eigenvalue weighted by Gasteiger charge is -2.01. The predicted octanol–water partition coefficient (Wildman–Crippen LogP) is 0.481. The van der Waals surface area contributed by atoms with E-state index in [2.05, 4.69) is 5.10 Å². The largest absolute Gasteiger partial charge is 0.391 e. The fraction of sp³-hybridized carbons (Fsp3) is 0.571. The SMILES string of the molecule is Cc1cc([N+](=O)[O-])nn1C[C@H](C)O.